The number of rotatable bonds is 8. The molecule has 0 aliphatic rings. The Hall–Kier alpha value is -4.23. The molecule has 3 aromatic carbocycles. The number of nitro groups is 1. The van der Waals surface area contributed by atoms with Gasteiger partial charge in [0.15, 0.2) is 0 Å². The van der Waals surface area contributed by atoms with Crippen molar-refractivity contribution in [3.05, 3.63) is 99.6 Å². The van der Waals surface area contributed by atoms with Crippen LogP contribution in [0.1, 0.15) is 16.7 Å². The van der Waals surface area contributed by atoms with Crippen molar-refractivity contribution in [1.82, 2.24) is 4.83 Å². The summed E-state index contributed by atoms with van der Waals surface area (Å²) >= 11 is 0. The van der Waals surface area contributed by atoms with Crippen LogP contribution in [0.4, 0.5) is 5.69 Å². The lowest BCUT2D eigenvalue weighted by Crippen LogP contribution is -2.18. The van der Waals surface area contributed by atoms with Crippen molar-refractivity contribution in [2.45, 2.75) is 11.5 Å². The number of nitrogens with zero attached hydrogens (tertiary/aromatic N) is 3. The van der Waals surface area contributed by atoms with Crippen LogP contribution in [0.15, 0.2) is 82.8 Å². The fraction of sp³-hybridized carbons (Fsp3) is 0.0476. The summed E-state index contributed by atoms with van der Waals surface area (Å²) in [4.78, 5) is 11.9. The number of nitro benzene ring substituents is 1. The van der Waals surface area contributed by atoms with E-state index in [4.69, 9.17) is 10.00 Å². The van der Waals surface area contributed by atoms with Crippen molar-refractivity contribution in [2.75, 3.05) is 0 Å². The molecular formula is C21H16N4O5S. The zero-order chi connectivity index (χ0) is 22.3. The fourth-order valence-electron chi connectivity index (χ4n) is 2.48. The van der Waals surface area contributed by atoms with E-state index < -0.39 is 14.9 Å². The minimum absolute atomic E-state index is 0.259. The largest absolute Gasteiger partial charge is 0.489 e. The first-order valence-electron chi connectivity index (χ1n) is 8.88. The molecule has 0 radical (unpaired) electrons. The van der Waals surface area contributed by atoms with Crippen LogP contribution in [0.3, 0.4) is 0 Å². The Bertz CT molecular complexity index is 1250. The third-order valence-corrected chi connectivity index (χ3v) is 5.31. The highest BCUT2D eigenvalue weighted by atomic mass is 32.2. The monoisotopic (exact) mass is 436 g/mol. The van der Waals surface area contributed by atoms with Crippen molar-refractivity contribution >= 4 is 21.9 Å². The Morgan fingerprint density at radius 3 is 2.45 bits per heavy atom. The highest BCUT2D eigenvalue weighted by molar-refractivity contribution is 7.89. The number of ether oxygens (including phenoxy) is 1. The van der Waals surface area contributed by atoms with Crippen molar-refractivity contribution in [2.24, 2.45) is 5.10 Å². The third-order valence-electron chi connectivity index (χ3n) is 4.09. The Kier molecular flexibility index (Phi) is 6.59. The Labute approximate surface area is 178 Å². The van der Waals surface area contributed by atoms with Crippen LogP contribution in [-0.2, 0) is 16.6 Å². The highest BCUT2D eigenvalue weighted by Crippen LogP contribution is 2.17. The van der Waals surface area contributed by atoms with Gasteiger partial charge in [-0.2, -0.15) is 18.8 Å². The lowest BCUT2D eigenvalue weighted by Gasteiger charge is -2.06. The van der Waals surface area contributed by atoms with Gasteiger partial charge in [-0.25, -0.2) is 4.83 Å². The molecule has 0 spiro atoms. The lowest BCUT2D eigenvalue weighted by atomic mass is 10.1. The summed E-state index contributed by atoms with van der Waals surface area (Å²) in [5.41, 5.74) is 1.78. The molecule has 0 aliphatic carbocycles. The number of benzene rings is 3. The van der Waals surface area contributed by atoms with Gasteiger partial charge in [-0.3, -0.25) is 10.1 Å². The van der Waals surface area contributed by atoms with Gasteiger partial charge in [0.2, 0.25) is 0 Å². The van der Waals surface area contributed by atoms with Crippen LogP contribution < -0.4 is 9.57 Å². The Morgan fingerprint density at radius 1 is 1.10 bits per heavy atom. The first-order chi connectivity index (χ1) is 14.9. The van der Waals surface area contributed by atoms with E-state index >= 15 is 0 Å². The van der Waals surface area contributed by atoms with Gasteiger partial charge in [0.1, 0.15) is 12.4 Å². The first-order valence-corrected chi connectivity index (χ1v) is 10.4. The van der Waals surface area contributed by atoms with E-state index in [0.29, 0.717) is 23.5 Å². The van der Waals surface area contributed by atoms with Gasteiger partial charge in [0.05, 0.1) is 27.7 Å². The quantitative estimate of drug-likeness (QED) is 0.327. The standard InChI is InChI=1S/C21H16N4O5S/c22-13-16-4-6-18(7-5-16)15-30-20-10-8-17(9-11-20)14-23-24-31(28,29)21-3-1-2-19(12-21)25(26)27/h1-12,14,24H,15H2/b23-14-. The predicted molar refractivity (Wildman–Crippen MR) is 113 cm³/mol. The summed E-state index contributed by atoms with van der Waals surface area (Å²) in [6, 6.07) is 20.6. The van der Waals surface area contributed by atoms with Crippen LogP contribution in [0, 0.1) is 21.4 Å². The van der Waals surface area contributed by atoms with Gasteiger partial charge in [-0.15, -0.1) is 0 Å². The van der Waals surface area contributed by atoms with E-state index in [1.54, 1.807) is 36.4 Å². The van der Waals surface area contributed by atoms with Crippen LogP contribution >= 0.6 is 0 Å². The van der Waals surface area contributed by atoms with E-state index in [0.717, 1.165) is 11.6 Å². The predicted octanol–water partition coefficient (Wildman–Crippen LogP) is 3.36. The van der Waals surface area contributed by atoms with Crippen molar-refractivity contribution < 1.29 is 18.1 Å². The topological polar surface area (TPSA) is 135 Å². The minimum Gasteiger partial charge on any atom is -0.489 e. The van der Waals surface area contributed by atoms with Crippen LogP contribution in [-0.4, -0.2) is 19.6 Å². The molecule has 0 atom stereocenters. The average molecular weight is 436 g/mol. The van der Waals surface area contributed by atoms with E-state index in [-0.39, 0.29) is 10.6 Å². The second-order valence-electron chi connectivity index (χ2n) is 6.27. The van der Waals surface area contributed by atoms with E-state index in [1.165, 1.54) is 24.4 Å². The molecule has 3 aromatic rings. The number of sulfonamides is 1. The number of hydrogen-bond donors (Lipinski definition) is 1. The summed E-state index contributed by atoms with van der Waals surface area (Å²) in [5, 5.41) is 23.3. The van der Waals surface area contributed by atoms with Gasteiger partial charge < -0.3 is 4.74 Å². The second kappa shape index (κ2) is 9.51. The fourth-order valence-corrected chi connectivity index (χ4v) is 3.31. The van der Waals surface area contributed by atoms with Crippen molar-refractivity contribution in [3.8, 4) is 11.8 Å². The molecule has 9 nitrogen and oxygen atoms in total. The molecular weight excluding hydrogens is 420 g/mol. The van der Waals surface area contributed by atoms with Crippen molar-refractivity contribution in [1.29, 1.82) is 5.26 Å². The van der Waals surface area contributed by atoms with Gasteiger partial charge >= 0.3 is 0 Å². The van der Waals surface area contributed by atoms with Gasteiger partial charge in [0, 0.05) is 12.1 Å². The molecule has 0 saturated carbocycles. The molecule has 10 heteroatoms. The molecule has 0 aliphatic heterocycles. The Morgan fingerprint density at radius 2 is 1.81 bits per heavy atom. The number of nitriles is 1. The van der Waals surface area contributed by atoms with Crippen LogP contribution in [0.2, 0.25) is 0 Å². The molecule has 0 amide bonds. The zero-order valence-corrected chi connectivity index (χ0v) is 16.8. The van der Waals surface area contributed by atoms with Crippen LogP contribution in [0.25, 0.3) is 0 Å². The number of hydrazone groups is 1. The summed E-state index contributed by atoms with van der Waals surface area (Å²) < 4.78 is 30.1. The summed E-state index contributed by atoms with van der Waals surface area (Å²) in [7, 11) is -4.04. The molecule has 3 rings (SSSR count). The SMILES string of the molecule is N#Cc1ccc(COc2ccc(/C=N\NS(=O)(=O)c3cccc([N+](=O)[O-])c3)cc2)cc1. The molecule has 0 aromatic heterocycles. The first kappa shape index (κ1) is 21.5. The van der Waals surface area contributed by atoms with E-state index in [2.05, 4.69) is 11.2 Å². The molecule has 156 valence electrons. The molecule has 31 heavy (non-hydrogen) atoms. The Balaban J connectivity index is 1.58. The zero-order valence-electron chi connectivity index (χ0n) is 16.0. The minimum atomic E-state index is -4.04. The highest BCUT2D eigenvalue weighted by Gasteiger charge is 2.16. The molecule has 0 fully saturated rings. The average Bonchev–Trinajstić information content (AvgIpc) is 2.79. The normalized spacial score (nSPS) is 11.1. The lowest BCUT2D eigenvalue weighted by molar-refractivity contribution is -0.385. The summed E-state index contributed by atoms with van der Waals surface area (Å²) in [6.07, 6.45) is 1.30. The number of hydrogen-bond acceptors (Lipinski definition) is 7. The maximum atomic E-state index is 12.2. The smallest absolute Gasteiger partial charge is 0.276 e. The van der Waals surface area contributed by atoms with Gasteiger partial charge in [-0.1, -0.05) is 18.2 Å². The number of non-ortho nitro benzene ring substituents is 1. The molecule has 0 heterocycles. The van der Waals surface area contributed by atoms with Gasteiger partial charge in [-0.05, 0) is 53.6 Å². The van der Waals surface area contributed by atoms with Crippen LogP contribution in [0.5, 0.6) is 5.75 Å². The van der Waals surface area contributed by atoms with Gasteiger partial charge in [0.25, 0.3) is 15.7 Å². The van der Waals surface area contributed by atoms with E-state index in [1.807, 2.05) is 17.0 Å². The molecule has 1 N–H and O–H groups in total. The summed E-state index contributed by atoms with van der Waals surface area (Å²) in [5.74, 6) is 0.610. The second-order valence-corrected chi connectivity index (χ2v) is 7.93. The molecule has 0 saturated heterocycles. The third kappa shape index (κ3) is 5.88. The molecule has 0 unspecified atom stereocenters. The summed E-state index contributed by atoms with van der Waals surface area (Å²) in [6.45, 7) is 0.335. The number of nitrogens with one attached hydrogen (secondary N) is 1. The maximum absolute atomic E-state index is 12.2. The molecule has 0 bridgehead atoms. The maximum Gasteiger partial charge on any atom is 0.276 e. The van der Waals surface area contributed by atoms with Crippen molar-refractivity contribution in [3.63, 3.8) is 0 Å². The van der Waals surface area contributed by atoms with E-state index in [9.17, 15) is 18.5 Å².